The molecule has 0 bridgehead atoms. The Morgan fingerprint density at radius 2 is 2.04 bits per heavy atom. The molecule has 1 fully saturated rings. The van der Waals surface area contributed by atoms with Crippen LogP contribution in [0.4, 0.5) is 0 Å². The number of amides is 1. The smallest absolute Gasteiger partial charge is 0.343 e. The summed E-state index contributed by atoms with van der Waals surface area (Å²) in [5, 5.41) is 12.7. The third-order valence-electron chi connectivity index (χ3n) is 4.90. The van der Waals surface area contributed by atoms with Gasteiger partial charge < -0.3 is 14.2 Å². The number of aromatic amines is 1. The van der Waals surface area contributed by atoms with Crippen molar-refractivity contribution in [3.05, 3.63) is 28.0 Å². The number of aryl methyl sites for hydroxylation is 1. The third-order valence-corrected chi connectivity index (χ3v) is 4.90. The van der Waals surface area contributed by atoms with Gasteiger partial charge in [0, 0.05) is 32.7 Å². The van der Waals surface area contributed by atoms with Gasteiger partial charge in [-0.1, -0.05) is 0 Å². The fraction of sp³-hybridized carbons (Fsp3) is 0.667. The SMILES string of the molecule is C[C@H]1CN(C(=O)c2nn(C)c(=O)[nH]2)Cc2nnc(C3CCOCC3)n21. The Morgan fingerprint density at radius 3 is 2.72 bits per heavy atom. The van der Waals surface area contributed by atoms with Crippen LogP contribution in [0.5, 0.6) is 0 Å². The Kier molecular flexibility index (Phi) is 3.91. The van der Waals surface area contributed by atoms with Gasteiger partial charge in [0.05, 0.1) is 12.6 Å². The van der Waals surface area contributed by atoms with Gasteiger partial charge in [-0.2, -0.15) is 0 Å². The van der Waals surface area contributed by atoms with Crippen molar-refractivity contribution in [1.29, 1.82) is 0 Å². The summed E-state index contributed by atoms with van der Waals surface area (Å²) >= 11 is 0. The van der Waals surface area contributed by atoms with Crippen molar-refractivity contribution >= 4 is 5.91 Å². The second kappa shape index (κ2) is 6.10. The van der Waals surface area contributed by atoms with E-state index < -0.39 is 5.69 Å². The van der Waals surface area contributed by atoms with E-state index in [1.165, 1.54) is 7.05 Å². The first-order valence-electron chi connectivity index (χ1n) is 8.48. The van der Waals surface area contributed by atoms with Crippen LogP contribution in [0, 0.1) is 0 Å². The van der Waals surface area contributed by atoms with E-state index in [9.17, 15) is 9.59 Å². The van der Waals surface area contributed by atoms with E-state index in [0.29, 0.717) is 19.0 Å². The minimum Gasteiger partial charge on any atom is -0.381 e. The normalized spacial score (nSPS) is 21.4. The number of nitrogens with zero attached hydrogens (tertiary/aromatic N) is 6. The van der Waals surface area contributed by atoms with E-state index in [0.717, 1.165) is 42.4 Å². The van der Waals surface area contributed by atoms with E-state index in [2.05, 4.69) is 31.8 Å². The van der Waals surface area contributed by atoms with Crippen LogP contribution in [0.3, 0.4) is 0 Å². The predicted octanol–water partition coefficient (Wildman–Crippen LogP) is -0.189. The number of hydrogen-bond acceptors (Lipinski definition) is 6. The molecule has 4 rings (SSSR count). The summed E-state index contributed by atoms with van der Waals surface area (Å²) in [6.07, 6.45) is 1.89. The van der Waals surface area contributed by atoms with Crippen LogP contribution in [0.1, 0.15) is 54.0 Å². The number of H-pyrrole nitrogens is 1. The number of carbonyl (C=O) groups is 1. The minimum atomic E-state index is -0.404. The highest BCUT2D eigenvalue weighted by atomic mass is 16.5. The fourth-order valence-corrected chi connectivity index (χ4v) is 3.60. The maximum absolute atomic E-state index is 12.6. The minimum absolute atomic E-state index is 0.0531. The Hall–Kier alpha value is -2.49. The fourth-order valence-electron chi connectivity index (χ4n) is 3.60. The molecular weight excluding hydrogens is 326 g/mol. The summed E-state index contributed by atoms with van der Waals surface area (Å²) < 4.78 is 8.70. The zero-order valence-electron chi connectivity index (χ0n) is 14.3. The van der Waals surface area contributed by atoms with E-state index in [4.69, 9.17) is 4.74 Å². The molecule has 0 radical (unpaired) electrons. The molecule has 0 saturated carbocycles. The van der Waals surface area contributed by atoms with Gasteiger partial charge in [0.2, 0.25) is 5.82 Å². The van der Waals surface area contributed by atoms with Crippen LogP contribution in [0.2, 0.25) is 0 Å². The zero-order valence-corrected chi connectivity index (χ0v) is 14.3. The largest absolute Gasteiger partial charge is 0.381 e. The molecule has 0 aromatic carbocycles. The molecule has 1 saturated heterocycles. The summed E-state index contributed by atoms with van der Waals surface area (Å²) in [7, 11) is 1.51. The first kappa shape index (κ1) is 16.0. The number of ether oxygens (including phenoxy) is 1. The predicted molar refractivity (Wildman–Crippen MR) is 86.1 cm³/mol. The molecule has 0 unspecified atom stereocenters. The van der Waals surface area contributed by atoms with Crippen LogP contribution in [-0.2, 0) is 18.3 Å². The van der Waals surface area contributed by atoms with Crippen LogP contribution >= 0.6 is 0 Å². The summed E-state index contributed by atoms with van der Waals surface area (Å²) in [4.78, 5) is 28.3. The molecule has 10 heteroatoms. The van der Waals surface area contributed by atoms with Crippen molar-refractivity contribution in [2.45, 2.75) is 38.3 Å². The Bertz CT molecular complexity index is 846. The average molecular weight is 347 g/mol. The van der Waals surface area contributed by atoms with Gasteiger partial charge in [0.25, 0.3) is 5.91 Å². The average Bonchev–Trinajstić information content (AvgIpc) is 3.19. The van der Waals surface area contributed by atoms with Crippen LogP contribution < -0.4 is 5.69 Å². The van der Waals surface area contributed by atoms with Crippen molar-refractivity contribution in [2.75, 3.05) is 19.8 Å². The number of aromatic nitrogens is 6. The maximum atomic E-state index is 12.6. The highest BCUT2D eigenvalue weighted by molar-refractivity contribution is 5.90. The van der Waals surface area contributed by atoms with Crippen molar-refractivity contribution in [2.24, 2.45) is 7.05 Å². The monoisotopic (exact) mass is 347 g/mol. The van der Waals surface area contributed by atoms with Gasteiger partial charge >= 0.3 is 5.69 Å². The number of rotatable bonds is 2. The number of fused-ring (bicyclic) bond motifs is 1. The highest BCUT2D eigenvalue weighted by Gasteiger charge is 2.33. The number of nitrogens with one attached hydrogen (secondary N) is 1. The van der Waals surface area contributed by atoms with Crippen molar-refractivity contribution < 1.29 is 9.53 Å². The van der Waals surface area contributed by atoms with Crippen LogP contribution in [0.15, 0.2) is 4.79 Å². The zero-order chi connectivity index (χ0) is 17.6. The molecule has 10 nitrogen and oxygen atoms in total. The summed E-state index contributed by atoms with van der Waals surface area (Å²) in [6.45, 7) is 4.44. The second-order valence-electron chi connectivity index (χ2n) is 6.67. The molecule has 2 aliphatic rings. The molecule has 1 atom stereocenters. The molecule has 25 heavy (non-hydrogen) atoms. The quantitative estimate of drug-likeness (QED) is 0.806. The topological polar surface area (TPSA) is 111 Å². The molecule has 1 N–H and O–H groups in total. The molecule has 1 amide bonds. The Labute approximate surface area is 143 Å². The number of carbonyl (C=O) groups excluding carboxylic acids is 1. The summed E-state index contributed by atoms with van der Waals surface area (Å²) in [5.74, 6) is 1.87. The van der Waals surface area contributed by atoms with Gasteiger partial charge in [0.1, 0.15) is 5.82 Å². The summed E-state index contributed by atoms with van der Waals surface area (Å²) in [5.41, 5.74) is -0.404. The third kappa shape index (κ3) is 2.76. The van der Waals surface area contributed by atoms with E-state index in [1.54, 1.807) is 4.90 Å². The lowest BCUT2D eigenvalue weighted by Gasteiger charge is -2.33. The lowest BCUT2D eigenvalue weighted by Crippen LogP contribution is -2.41. The number of hydrogen-bond donors (Lipinski definition) is 1. The van der Waals surface area contributed by atoms with Gasteiger partial charge in [-0.05, 0) is 19.8 Å². The molecule has 2 aromatic rings. The second-order valence-corrected chi connectivity index (χ2v) is 6.67. The first-order valence-corrected chi connectivity index (χ1v) is 8.48. The molecule has 0 aliphatic carbocycles. The molecule has 0 spiro atoms. The van der Waals surface area contributed by atoms with E-state index >= 15 is 0 Å². The van der Waals surface area contributed by atoms with Gasteiger partial charge in [-0.3, -0.25) is 9.78 Å². The van der Waals surface area contributed by atoms with E-state index in [-0.39, 0.29) is 17.8 Å². The van der Waals surface area contributed by atoms with Crippen molar-refractivity contribution in [3.8, 4) is 0 Å². The molecular formula is C15H21N7O3. The Balaban J connectivity index is 1.58. The summed E-state index contributed by atoms with van der Waals surface area (Å²) in [6, 6.07) is 0.0657. The lowest BCUT2D eigenvalue weighted by molar-refractivity contribution is 0.0656. The highest BCUT2D eigenvalue weighted by Crippen LogP contribution is 2.30. The lowest BCUT2D eigenvalue weighted by atomic mass is 9.99. The molecule has 134 valence electrons. The maximum Gasteiger partial charge on any atom is 0.343 e. The molecule has 2 aromatic heterocycles. The van der Waals surface area contributed by atoms with Crippen LogP contribution in [0.25, 0.3) is 0 Å². The molecule has 2 aliphatic heterocycles. The van der Waals surface area contributed by atoms with Gasteiger partial charge in [-0.25, -0.2) is 9.48 Å². The van der Waals surface area contributed by atoms with Crippen LogP contribution in [-0.4, -0.2) is 60.1 Å². The Morgan fingerprint density at radius 1 is 1.28 bits per heavy atom. The standard InChI is InChI=1S/C15H21N7O3/c1-9-7-21(14(23)12-16-15(24)20(2)19-12)8-11-17-18-13(22(9)11)10-3-5-25-6-4-10/h9-10H,3-8H2,1-2H3,(H,16,19,24)/t9-/m0/s1. The van der Waals surface area contributed by atoms with Crippen molar-refractivity contribution in [1.82, 2.24) is 34.4 Å². The van der Waals surface area contributed by atoms with Gasteiger partial charge in [0.15, 0.2) is 5.82 Å². The molecule has 4 heterocycles. The van der Waals surface area contributed by atoms with Gasteiger partial charge in [-0.15, -0.1) is 15.3 Å². The van der Waals surface area contributed by atoms with Crippen molar-refractivity contribution in [3.63, 3.8) is 0 Å². The first-order chi connectivity index (χ1) is 12.0. The van der Waals surface area contributed by atoms with E-state index in [1.807, 2.05) is 0 Å².